The molecule has 4 N–H and O–H groups in total. The van der Waals surface area contributed by atoms with Crippen LogP contribution in [0, 0.1) is 17.8 Å². The monoisotopic (exact) mass is 344 g/mol. The average Bonchev–Trinajstić information content (AvgIpc) is 2.55. The standard InChI is InChI=1S/C19H38N2O3/c1-15(2)18-5-4-16(3)12-19(18)24-14-17(23)13-21-8-6-20(7-9-21)10-11-22/h15-19,22-23H,4-14H2,1-3H3/p+2/t16-,17-,18+,19-/m1/s1. The third-order valence-electron chi connectivity index (χ3n) is 6.12. The lowest BCUT2D eigenvalue weighted by atomic mass is 9.75. The van der Waals surface area contributed by atoms with Crippen LogP contribution in [0.1, 0.15) is 40.0 Å². The van der Waals surface area contributed by atoms with E-state index in [0.29, 0.717) is 24.5 Å². The topological polar surface area (TPSA) is 58.6 Å². The molecule has 1 aliphatic carbocycles. The van der Waals surface area contributed by atoms with Crippen molar-refractivity contribution >= 4 is 0 Å². The molecule has 1 aliphatic heterocycles. The Morgan fingerprint density at radius 1 is 1.08 bits per heavy atom. The number of hydrogen-bond donors (Lipinski definition) is 4. The van der Waals surface area contributed by atoms with E-state index in [1.54, 1.807) is 0 Å². The number of piperazine rings is 1. The summed E-state index contributed by atoms with van der Waals surface area (Å²) in [7, 11) is 0. The predicted molar refractivity (Wildman–Crippen MR) is 95.3 cm³/mol. The Labute approximate surface area is 148 Å². The van der Waals surface area contributed by atoms with Gasteiger partial charge in [-0.3, -0.25) is 0 Å². The van der Waals surface area contributed by atoms with Crippen molar-refractivity contribution in [2.24, 2.45) is 17.8 Å². The van der Waals surface area contributed by atoms with Crippen molar-refractivity contribution < 1.29 is 24.7 Å². The van der Waals surface area contributed by atoms with Crippen molar-refractivity contribution in [1.29, 1.82) is 0 Å². The lowest BCUT2D eigenvalue weighted by Crippen LogP contribution is -3.28. The van der Waals surface area contributed by atoms with Gasteiger partial charge in [-0.25, -0.2) is 0 Å². The molecule has 1 saturated heterocycles. The second-order valence-electron chi connectivity index (χ2n) is 8.53. The smallest absolute Gasteiger partial charge is 0.127 e. The Bertz CT molecular complexity index is 346. The third kappa shape index (κ3) is 6.26. The summed E-state index contributed by atoms with van der Waals surface area (Å²) in [4.78, 5) is 2.97. The summed E-state index contributed by atoms with van der Waals surface area (Å²) in [5.41, 5.74) is 0. The van der Waals surface area contributed by atoms with Crippen molar-refractivity contribution in [2.45, 2.75) is 52.2 Å². The lowest BCUT2D eigenvalue weighted by molar-refractivity contribution is -1.01. The van der Waals surface area contributed by atoms with Crippen molar-refractivity contribution in [3.63, 3.8) is 0 Å². The number of hydrogen-bond acceptors (Lipinski definition) is 3. The zero-order chi connectivity index (χ0) is 17.5. The zero-order valence-corrected chi connectivity index (χ0v) is 16.0. The van der Waals surface area contributed by atoms with E-state index in [1.165, 1.54) is 22.6 Å². The van der Waals surface area contributed by atoms with Crippen LogP contribution in [0.3, 0.4) is 0 Å². The van der Waals surface area contributed by atoms with Gasteiger partial charge in [0.2, 0.25) is 0 Å². The van der Waals surface area contributed by atoms with E-state index < -0.39 is 0 Å². The number of quaternary nitrogens is 2. The van der Waals surface area contributed by atoms with Gasteiger partial charge in [-0.1, -0.05) is 27.2 Å². The van der Waals surface area contributed by atoms with Gasteiger partial charge in [0.15, 0.2) is 0 Å². The largest absolute Gasteiger partial charge is 0.391 e. The van der Waals surface area contributed by atoms with E-state index in [4.69, 9.17) is 9.84 Å². The Balaban J connectivity index is 1.69. The number of rotatable bonds is 8. The first-order valence-electron chi connectivity index (χ1n) is 10.1. The summed E-state index contributed by atoms with van der Waals surface area (Å²) in [6.07, 6.45) is 3.69. The predicted octanol–water partition coefficient (Wildman–Crippen LogP) is -1.40. The fourth-order valence-electron chi connectivity index (χ4n) is 4.50. The van der Waals surface area contributed by atoms with Gasteiger partial charge in [-0.2, -0.15) is 0 Å². The van der Waals surface area contributed by atoms with Crippen LogP contribution in [-0.2, 0) is 4.74 Å². The molecule has 2 aliphatic rings. The molecule has 2 rings (SSSR count). The molecule has 4 atom stereocenters. The van der Waals surface area contributed by atoms with Gasteiger partial charge in [0.25, 0.3) is 0 Å². The molecule has 0 unspecified atom stereocenters. The quantitative estimate of drug-likeness (QED) is 0.438. The van der Waals surface area contributed by atoms with Gasteiger partial charge in [0, 0.05) is 0 Å². The molecule has 0 aromatic rings. The van der Waals surface area contributed by atoms with E-state index in [9.17, 15) is 5.11 Å². The second-order valence-corrected chi connectivity index (χ2v) is 8.53. The Hall–Kier alpha value is -0.200. The Kier molecular flexibility index (Phi) is 8.44. The molecule has 1 heterocycles. The van der Waals surface area contributed by atoms with Gasteiger partial charge < -0.3 is 24.7 Å². The summed E-state index contributed by atoms with van der Waals surface area (Å²) in [6.45, 7) is 13.7. The fraction of sp³-hybridized carbons (Fsp3) is 1.00. The molecule has 1 saturated carbocycles. The molecule has 2 fully saturated rings. The fourth-order valence-corrected chi connectivity index (χ4v) is 4.50. The SMILES string of the molecule is CC(C)[C@@H]1CC[C@@H](C)C[C@H]1OC[C@H](O)C[NH+]1CC[NH+](CCO)CC1. The van der Waals surface area contributed by atoms with E-state index in [0.717, 1.165) is 51.6 Å². The highest BCUT2D eigenvalue weighted by atomic mass is 16.5. The first-order chi connectivity index (χ1) is 11.5. The molecule has 0 aromatic heterocycles. The van der Waals surface area contributed by atoms with Crippen molar-refractivity contribution in [3.05, 3.63) is 0 Å². The Morgan fingerprint density at radius 3 is 2.38 bits per heavy atom. The van der Waals surface area contributed by atoms with Gasteiger partial charge in [0.1, 0.15) is 45.4 Å². The molecule has 0 aromatic carbocycles. The highest BCUT2D eigenvalue weighted by Crippen LogP contribution is 2.35. The zero-order valence-electron chi connectivity index (χ0n) is 16.0. The van der Waals surface area contributed by atoms with Crippen LogP contribution < -0.4 is 9.80 Å². The summed E-state index contributed by atoms with van der Waals surface area (Å²) in [6, 6.07) is 0. The van der Waals surface area contributed by atoms with Crippen molar-refractivity contribution in [3.8, 4) is 0 Å². The van der Waals surface area contributed by atoms with Crippen LogP contribution >= 0.6 is 0 Å². The highest BCUT2D eigenvalue weighted by molar-refractivity contribution is 4.81. The number of ether oxygens (including phenoxy) is 1. The molecule has 24 heavy (non-hydrogen) atoms. The van der Waals surface area contributed by atoms with E-state index >= 15 is 0 Å². The third-order valence-corrected chi connectivity index (χ3v) is 6.12. The van der Waals surface area contributed by atoms with Crippen LogP contribution in [0.4, 0.5) is 0 Å². The molecule has 0 radical (unpaired) electrons. The molecule has 0 spiro atoms. The summed E-state index contributed by atoms with van der Waals surface area (Å²) < 4.78 is 6.19. The maximum Gasteiger partial charge on any atom is 0.127 e. The first-order valence-corrected chi connectivity index (χ1v) is 10.1. The minimum absolute atomic E-state index is 0.276. The summed E-state index contributed by atoms with van der Waals surface area (Å²) in [5, 5.41) is 19.4. The van der Waals surface area contributed by atoms with Crippen molar-refractivity contribution in [2.75, 3.05) is 52.5 Å². The lowest BCUT2D eigenvalue weighted by Gasteiger charge is -2.37. The van der Waals surface area contributed by atoms with Crippen LogP contribution in [0.25, 0.3) is 0 Å². The van der Waals surface area contributed by atoms with Gasteiger partial charge >= 0.3 is 0 Å². The minimum Gasteiger partial charge on any atom is -0.391 e. The van der Waals surface area contributed by atoms with Crippen molar-refractivity contribution in [1.82, 2.24) is 0 Å². The molecular formula is C19H40N2O3+2. The van der Waals surface area contributed by atoms with E-state index in [1.807, 2.05) is 0 Å². The molecular weight excluding hydrogens is 304 g/mol. The van der Waals surface area contributed by atoms with E-state index in [-0.39, 0.29) is 12.7 Å². The molecule has 142 valence electrons. The van der Waals surface area contributed by atoms with E-state index in [2.05, 4.69) is 20.8 Å². The molecule has 0 amide bonds. The number of aliphatic hydroxyl groups excluding tert-OH is 2. The van der Waals surface area contributed by atoms with Crippen LogP contribution in [0.2, 0.25) is 0 Å². The normalized spacial score (nSPS) is 36.0. The summed E-state index contributed by atoms with van der Waals surface area (Å²) in [5.74, 6) is 2.05. The maximum absolute atomic E-state index is 10.4. The van der Waals surface area contributed by atoms with Gasteiger partial charge in [0.05, 0.1) is 19.3 Å². The molecule has 0 bridgehead atoms. The minimum atomic E-state index is -0.357. The number of aliphatic hydroxyl groups is 2. The van der Waals surface area contributed by atoms with Crippen LogP contribution in [-0.4, -0.2) is 74.9 Å². The second kappa shape index (κ2) is 10.1. The van der Waals surface area contributed by atoms with Gasteiger partial charge in [-0.05, 0) is 30.6 Å². The van der Waals surface area contributed by atoms with Gasteiger partial charge in [-0.15, -0.1) is 0 Å². The summed E-state index contributed by atoms with van der Waals surface area (Å²) >= 11 is 0. The first kappa shape index (κ1) is 20.1. The number of nitrogens with one attached hydrogen (secondary N) is 2. The maximum atomic E-state index is 10.4. The highest BCUT2D eigenvalue weighted by Gasteiger charge is 2.32. The van der Waals surface area contributed by atoms with Crippen LogP contribution in [0.15, 0.2) is 0 Å². The van der Waals surface area contributed by atoms with Crippen LogP contribution in [0.5, 0.6) is 0 Å². The Morgan fingerprint density at radius 2 is 1.75 bits per heavy atom. The average molecular weight is 345 g/mol. The molecule has 5 nitrogen and oxygen atoms in total. The molecule has 5 heteroatoms.